The summed E-state index contributed by atoms with van der Waals surface area (Å²) in [5, 5.41) is 0. The molecule has 0 fully saturated rings. The van der Waals surface area contributed by atoms with Gasteiger partial charge in [-0.05, 0) is 70.1 Å². The highest BCUT2D eigenvalue weighted by Gasteiger charge is 2.22. The van der Waals surface area contributed by atoms with Crippen molar-refractivity contribution < 1.29 is 14.2 Å². The average Bonchev–Trinajstić information content (AvgIpc) is 2.65. The van der Waals surface area contributed by atoms with Crippen molar-refractivity contribution in [2.45, 2.75) is 39.0 Å². The molecular formula is C22H31NO3. The van der Waals surface area contributed by atoms with E-state index in [1.165, 1.54) is 11.1 Å². The van der Waals surface area contributed by atoms with Gasteiger partial charge < -0.3 is 14.2 Å². The van der Waals surface area contributed by atoms with Crippen LogP contribution < -0.4 is 9.47 Å². The summed E-state index contributed by atoms with van der Waals surface area (Å²) in [6.45, 7) is 4.73. The van der Waals surface area contributed by atoms with E-state index in [1.807, 2.05) is 52.2 Å². The molecule has 2 rings (SSSR count). The fraction of sp³-hybridized carbons (Fsp3) is 0.455. The molecule has 1 unspecified atom stereocenters. The third-order valence-electron chi connectivity index (χ3n) is 4.38. The Kier molecular flexibility index (Phi) is 7.95. The largest absolute Gasteiger partial charge is 0.497 e. The summed E-state index contributed by atoms with van der Waals surface area (Å²) in [5.41, 5.74) is 2.46. The monoisotopic (exact) mass is 357 g/mol. The molecule has 0 N–H and O–H groups in total. The Bertz CT molecular complexity index is 672. The molecule has 0 saturated heterocycles. The molecular weight excluding hydrogens is 326 g/mol. The standard InChI is InChI=1S/C22H31NO3/c1-6-25-17(2)22(23(3)4)26-21-13-8-7-11-19(21)15-14-18-10-9-12-20(16-18)24-5/h7-13,16-17,22H,6,14-15H2,1-5H3/t17?,22-/m0/s1. The third kappa shape index (κ3) is 5.75. The first-order valence-corrected chi connectivity index (χ1v) is 9.20. The number of methoxy groups -OCH3 is 1. The molecule has 2 atom stereocenters. The minimum absolute atomic E-state index is 0.0126. The molecule has 2 aromatic carbocycles. The lowest BCUT2D eigenvalue weighted by Crippen LogP contribution is -2.43. The van der Waals surface area contributed by atoms with Crippen molar-refractivity contribution in [2.24, 2.45) is 0 Å². The minimum Gasteiger partial charge on any atom is -0.497 e. The van der Waals surface area contributed by atoms with Gasteiger partial charge in [0.05, 0.1) is 7.11 Å². The summed E-state index contributed by atoms with van der Waals surface area (Å²) in [6, 6.07) is 16.5. The molecule has 26 heavy (non-hydrogen) atoms. The molecule has 0 radical (unpaired) electrons. The SMILES string of the molecule is CCOC(C)[C@H](Oc1ccccc1CCc1cccc(OC)c1)N(C)C. The van der Waals surface area contributed by atoms with Crippen LogP contribution in [-0.2, 0) is 17.6 Å². The van der Waals surface area contributed by atoms with E-state index in [4.69, 9.17) is 14.2 Å². The zero-order valence-electron chi connectivity index (χ0n) is 16.6. The smallest absolute Gasteiger partial charge is 0.178 e. The fourth-order valence-corrected chi connectivity index (χ4v) is 3.03. The second kappa shape index (κ2) is 10.2. The number of benzene rings is 2. The molecule has 0 aliphatic heterocycles. The van der Waals surface area contributed by atoms with Crippen LogP contribution in [0.5, 0.6) is 11.5 Å². The van der Waals surface area contributed by atoms with E-state index >= 15 is 0 Å². The van der Waals surface area contributed by atoms with Gasteiger partial charge in [-0.25, -0.2) is 0 Å². The highest BCUT2D eigenvalue weighted by atomic mass is 16.6. The Morgan fingerprint density at radius 1 is 1.00 bits per heavy atom. The number of likely N-dealkylation sites (N-methyl/N-ethyl adjacent to an activating group) is 1. The minimum atomic E-state index is -0.132. The van der Waals surface area contributed by atoms with E-state index in [2.05, 4.69) is 29.2 Å². The molecule has 4 heteroatoms. The first-order chi connectivity index (χ1) is 12.5. The van der Waals surface area contributed by atoms with Crippen molar-refractivity contribution in [1.29, 1.82) is 0 Å². The normalized spacial score (nSPS) is 13.5. The molecule has 0 amide bonds. The van der Waals surface area contributed by atoms with Crippen LogP contribution in [-0.4, -0.2) is 45.0 Å². The molecule has 142 valence electrons. The van der Waals surface area contributed by atoms with E-state index in [9.17, 15) is 0 Å². The summed E-state index contributed by atoms with van der Waals surface area (Å²) < 4.78 is 17.4. The van der Waals surface area contributed by atoms with Crippen LogP contribution in [0, 0.1) is 0 Å². The van der Waals surface area contributed by atoms with Crippen LogP contribution in [0.25, 0.3) is 0 Å². The summed E-state index contributed by atoms with van der Waals surface area (Å²) in [4.78, 5) is 2.05. The van der Waals surface area contributed by atoms with Crippen molar-refractivity contribution in [3.05, 3.63) is 59.7 Å². The predicted octanol–water partition coefficient (Wildman–Crippen LogP) is 4.17. The molecule has 0 saturated carbocycles. The Balaban J connectivity index is 2.10. The molecule has 0 aliphatic carbocycles. The van der Waals surface area contributed by atoms with Gasteiger partial charge in [-0.15, -0.1) is 0 Å². The lowest BCUT2D eigenvalue weighted by atomic mass is 10.0. The number of nitrogens with zero attached hydrogens (tertiary/aromatic N) is 1. The quantitative estimate of drug-likeness (QED) is 0.597. The Hall–Kier alpha value is -2.04. The zero-order valence-corrected chi connectivity index (χ0v) is 16.6. The van der Waals surface area contributed by atoms with Gasteiger partial charge in [0.25, 0.3) is 0 Å². The second-order valence-corrected chi connectivity index (χ2v) is 6.59. The number of aryl methyl sites for hydroxylation is 2. The number of para-hydroxylation sites is 1. The number of rotatable bonds is 10. The first-order valence-electron chi connectivity index (χ1n) is 9.20. The topological polar surface area (TPSA) is 30.9 Å². The van der Waals surface area contributed by atoms with Gasteiger partial charge >= 0.3 is 0 Å². The van der Waals surface area contributed by atoms with Crippen LogP contribution in [0.2, 0.25) is 0 Å². The number of hydrogen-bond donors (Lipinski definition) is 0. The van der Waals surface area contributed by atoms with E-state index in [1.54, 1.807) is 7.11 Å². The highest BCUT2D eigenvalue weighted by Crippen LogP contribution is 2.24. The van der Waals surface area contributed by atoms with Crippen molar-refractivity contribution in [1.82, 2.24) is 4.90 Å². The van der Waals surface area contributed by atoms with Crippen LogP contribution >= 0.6 is 0 Å². The maximum atomic E-state index is 6.33. The lowest BCUT2D eigenvalue weighted by molar-refractivity contribution is -0.0697. The summed E-state index contributed by atoms with van der Waals surface area (Å²) in [5.74, 6) is 1.81. The summed E-state index contributed by atoms with van der Waals surface area (Å²) in [6.07, 6.45) is 1.70. The van der Waals surface area contributed by atoms with Crippen LogP contribution in [0.4, 0.5) is 0 Å². The Labute approximate surface area is 157 Å². The van der Waals surface area contributed by atoms with Gasteiger partial charge in [-0.2, -0.15) is 0 Å². The van der Waals surface area contributed by atoms with Gasteiger partial charge in [0.2, 0.25) is 0 Å². The zero-order chi connectivity index (χ0) is 18.9. The van der Waals surface area contributed by atoms with Crippen molar-refractivity contribution in [3.8, 4) is 11.5 Å². The van der Waals surface area contributed by atoms with Crippen LogP contribution in [0.1, 0.15) is 25.0 Å². The Morgan fingerprint density at radius 3 is 2.46 bits per heavy atom. The lowest BCUT2D eigenvalue weighted by Gasteiger charge is -2.31. The molecule has 0 bridgehead atoms. The van der Waals surface area contributed by atoms with Gasteiger partial charge in [0.15, 0.2) is 6.23 Å². The first kappa shape index (κ1) is 20.3. The van der Waals surface area contributed by atoms with Gasteiger partial charge in [-0.1, -0.05) is 30.3 Å². The fourth-order valence-electron chi connectivity index (χ4n) is 3.03. The van der Waals surface area contributed by atoms with Gasteiger partial charge in [0.1, 0.15) is 17.6 Å². The van der Waals surface area contributed by atoms with Crippen molar-refractivity contribution in [2.75, 3.05) is 27.8 Å². The summed E-state index contributed by atoms with van der Waals surface area (Å²) in [7, 11) is 5.72. The average molecular weight is 357 g/mol. The molecule has 2 aromatic rings. The van der Waals surface area contributed by atoms with E-state index < -0.39 is 0 Å². The van der Waals surface area contributed by atoms with E-state index in [0.29, 0.717) is 6.61 Å². The molecule has 0 aliphatic rings. The van der Waals surface area contributed by atoms with Crippen LogP contribution in [0.3, 0.4) is 0 Å². The van der Waals surface area contributed by atoms with Crippen LogP contribution in [0.15, 0.2) is 48.5 Å². The number of ether oxygens (including phenoxy) is 3. The van der Waals surface area contributed by atoms with Crippen molar-refractivity contribution >= 4 is 0 Å². The van der Waals surface area contributed by atoms with Crippen molar-refractivity contribution in [3.63, 3.8) is 0 Å². The van der Waals surface area contributed by atoms with E-state index in [0.717, 1.165) is 24.3 Å². The van der Waals surface area contributed by atoms with E-state index in [-0.39, 0.29) is 12.3 Å². The molecule has 0 heterocycles. The van der Waals surface area contributed by atoms with Gasteiger partial charge in [0, 0.05) is 6.61 Å². The molecule has 0 aromatic heterocycles. The predicted molar refractivity (Wildman–Crippen MR) is 106 cm³/mol. The maximum absolute atomic E-state index is 6.33. The molecule has 4 nitrogen and oxygen atoms in total. The summed E-state index contributed by atoms with van der Waals surface area (Å²) >= 11 is 0. The number of hydrogen-bond acceptors (Lipinski definition) is 4. The Morgan fingerprint density at radius 2 is 1.77 bits per heavy atom. The van der Waals surface area contributed by atoms with Gasteiger partial charge in [-0.3, -0.25) is 4.90 Å². The molecule has 0 spiro atoms. The maximum Gasteiger partial charge on any atom is 0.178 e. The highest BCUT2D eigenvalue weighted by molar-refractivity contribution is 5.35. The third-order valence-corrected chi connectivity index (χ3v) is 4.38. The second-order valence-electron chi connectivity index (χ2n) is 6.59.